The van der Waals surface area contributed by atoms with E-state index < -0.39 is 10.0 Å². The Balaban J connectivity index is 1.61. The number of benzene rings is 2. The van der Waals surface area contributed by atoms with Gasteiger partial charge in [0, 0.05) is 36.7 Å². The lowest BCUT2D eigenvalue weighted by atomic mass is 10.2. The van der Waals surface area contributed by atoms with Gasteiger partial charge in [0.1, 0.15) is 0 Å². The van der Waals surface area contributed by atoms with Crippen molar-refractivity contribution < 1.29 is 13.2 Å². The van der Waals surface area contributed by atoms with E-state index in [4.69, 9.17) is 0 Å². The van der Waals surface area contributed by atoms with Gasteiger partial charge in [-0.1, -0.05) is 45.8 Å². The Kier molecular flexibility index (Phi) is 6.14. The molecule has 2 aromatic carbocycles. The van der Waals surface area contributed by atoms with E-state index in [0.29, 0.717) is 31.1 Å². The molecule has 5 nitrogen and oxygen atoms in total. The van der Waals surface area contributed by atoms with Gasteiger partial charge < -0.3 is 4.90 Å². The van der Waals surface area contributed by atoms with Crippen LogP contribution in [0.5, 0.6) is 0 Å². The normalized spacial score (nSPS) is 16.0. The highest BCUT2D eigenvalue weighted by Crippen LogP contribution is 2.18. The number of amides is 1. The minimum Gasteiger partial charge on any atom is -0.337 e. The maximum atomic E-state index is 12.7. The zero-order valence-corrected chi connectivity index (χ0v) is 17.4. The fourth-order valence-corrected chi connectivity index (χ4v) is 4.73. The van der Waals surface area contributed by atoms with Crippen LogP contribution in [-0.4, -0.2) is 49.7 Å². The average Bonchev–Trinajstić information content (AvgIpc) is 2.66. The molecule has 0 atom stereocenters. The summed E-state index contributed by atoms with van der Waals surface area (Å²) in [6, 6.07) is 14.5. The van der Waals surface area contributed by atoms with Gasteiger partial charge in [0.25, 0.3) is 0 Å². The summed E-state index contributed by atoms with van der Waals surface area (Å²) in [5.41, 5.74) is 1.94. The molecule has 0 N–H and O–H groups in total. The predicted molar refractivity (Wildman–Crippen MR) is 110 cm³/mol. The Labute approximate surface area is 168 Å². The van der Waals surface area contributed by atoms with Gasteiger partial charge in [-0.05, 0) is 42.8 Å². The second kappa shape index (κ2) is 8.37. The molecule has 0 spiro atoms. The molecule has 7 heteroatoms. The lowest BCUT2D eigenvalue weighted by Crippen LogP contribution is -2.50. The highest BCUT2D eigenvalue weighted by molar-refractivity contribution is 9.10. The lowest BCUT2D eigenvalue weighted by Gasteiger charge is -2.33. The summed E-state index contributed by atoms with van der Waals surface area (Å²) in [4.78, 5) is 14.3. The predicted octanol–water partition coefficient (Wildman–Crippen LogP) is 3.30. The van der Waals surface area contributed by atoms with Gasteiger partial charge in [0.15, 0.2) is 0 Å². The SMILES string of the molecule is Cc1ccc(S(=O)(=O)N2CCN(C(=O)/C=C/c3cccc(Br)c3)CC2)cc1. The molecule has 142 valence electrons. The van der Waals surface area contributed by atoms with E-state index in [-0.39, 0.29) is 5.91 Å². The molecule has 0 aromatic heterocycles. The first-order valence-corrected chi connectivity index (χ1v) is 10.9. The van der Waals surface area contributed by atoms with Gasteiger partial charge in [-0.25, -0.2) is 8.42 Å². The molecule has 1 aliphatic rings. The standard InChI is InChI=1S/C20H21BrN2O3S/c1-16-5-8-19(9-6-16)27(25,26)23-13-11-22(12-14-23)20(24)10-7-17-3-2-4-18(21)15-17/h2-10,15H,11-14H2,1H3/b10-7+. The molecule has 1 saturated heterocycles. The van der Waals surface area contributed by atoms with E-state index in [1.165, 1.54) is 10.4 Å². The summed E-state index contributed by atoms with van der Waals surface area (Å²) in [5.74, 6) is -0.109. The number of carbonyl (C=O) groups is 1. The summed E-state index contributed by atoms with van der Waals surface area (Å²) in [6.07, 6.45) is 3.30. The highest BCUT2D eigenvalue weighted by Gasteiger charge is 2.29. The summed E-state index contributed by atoms with van der Waals surface area (Å²) in [6.45, 7) is 3.28. The third kappa shape index (κ3) is 4.86. The second-order valence-corrected chi connectivity index (χ2v) is 9.28. The van der Waals surface area contributed by atoms with Crippen molar-refractivity contribution in [2.75, 3.05) is 26.2 Å². The van der Waals surface area contributed by atoms with Gasteiger partial charge in [0.2, 0.25) is 15.9 Å². The Morgan fingerprint density at radius 3 is 2.33 bits per heavy atom. The summed E-state index contributed by atoms with van der Waals surface area (Å²) >= 11 is 3.40. The third-order valence-electron chi connectivity index (χ3n) is 4.48. The second-order valence-electron chi connectivity index (χ2n) is 6.43. The van der Waals surface area contributed by atoms with Crippen molar-refractivity contribution in [1.82, 2.24) is 9.21 Å². The fourth-order valence-electron chi connectivity index (χ4n) is 2.89. The van der Waals surface area contributed by atoms with Crippen LogP contribution in [0.4, 0.5) is 0 Å². The first-order valence-electron chi connectivity index (χ1n) is 8.66. The first-order chi connectivity index (χ1) is 12.9. The van der Waals surface area contributed by atoms with Crippen LogP contribution < -0.4 is 0 Å². The van der Waals surface area contributed by atoms with E-state index in [0.717, 1.165) is 15.6 Å². The number of aryl methyl sites for hydroxylation is 1. The molecular formula is C20H21BrN2O3S. The molecule has 2 aromatic rings. The van der Waals surface area contributed by atoms with Crippen molar-refractivity contribution in [1.29, 1.82) is 0 Å². The fraction of sp³-hybridized carbons (Fsp3) is 0.250. The maximum absolute atomic E-state index is 12.7. The number of sulfonamides is 1. The monoisotopic (exact) mass is 448 g/mol. The molecule has 3 rings (SSSR count). The molecule has 27 heavy (non-hydrogen) atoms. The van der Waals surface area contributed by atoms with E-state index in [9.17, 15) is 13.2 Å². The number of piperazine rings is 1. The van der Waals surface area contributed by atoms with Crippen molar-refractivity contribution in [2.24, 2.45) is 0 Å². The molecule has 0 unspecified atom stereocenters. The van der Waals surface area contributed by atoms with Gasteiger partial charge in [0.05, 0.1) is 4.90 Å². The number of hydrogen-bond donors (Lipinski definition) is 0. The molecule has 1 heterocycles. The Morgan fingerprint density at radius 2 is 1.70 bits per heavy atom. The van der Waals surface area contributed by atoms with E-state index in [2.05, 4.69) is 15.9 Å². The Bertz CT molecular complexity index is 947. The van der Waals surface area contributed by atoms with Gasteiger partial charge in [-0.15, -0.1) is 0 Å². The lowest BCUT2D eigenvalue weighted by molar-refractivity contribution is -0.127. The van der Waals surface area contributed by atoms with Crippen molar-refractivity contribution >= 4 is 37.9 Å². The Hall–Kier alpha value is -1.96. The largest absolute Gasteiger partial charge is 0.337 e. The van der Waals surface area contributed by atoms with E-state index in [1.807, 2.05) is 31.2 Å². The zero-order chi connectivity index (χ0) is 19.4. The molecule has 1 amide bonds. The topological polar surface area (TPSA) is 57.7 Å². The number of carbonyl (C=O) groups excluding carboxylic acids is 1. The van der Waals surface area contributed by atoms with Crippen LogP contribution in [0.3, 0.4) is 0 Å². The molecule has 1 fully saturated rings. The molecule has 0 saturated carbocycles. The van der Waals surface area contributed by atoms with Crippen molar-refractivity contribution in [2.45, 2.75) is 11.8 Å². The van der Waals surface area contributed by atoms with Crippen LogP contribution in [0.25, 0.3) is 6.08 Å². The van der Waals surface area contributed by atoms with Crippen LogP contribution in [0.1, 0.15) is 11.1 Å². The van der Waals surface area contributed by atoms with Crippen LogP contribution in [-0.2, 0) is 14.8 Å². The van der Waals surface area contributed by atoms with Crippen molar-refractivity contribution in [3.05, 3.63) is 70.2 Å². The van der Waals surface area contributed by atoms with Gasteiger partial charge in [-0.2, -0.15) is 4.31 Å². The molecule has 0 aliphatic carbocycles. The molecular weight excluding hydrogens is 428 g/mol. The summed E-state index contributed by atoms with van der Waals surface area (Å²) < 4.78 is 27.8. The van der Waals surface area contributed by atoms with Gasteiger partial charge >= 0.3 is 0 Å². The Morgan fingerprint density at radius 1 is 1.04 bits per heavy atom. The van der Waals surface area contributed by atoms with Crippen LogP contribution in [0, 0.1) is 6.92 Å². The van der Waals surface area contributed by atoms with Crippen LogP contribution in [0.15, 0.2) is 64.0 Å². The smallest absolute Gasteiger partial charge is 0.246 e. The van der Waals surface area contributed by atoms with Crippen LogP contribution in [0.2, 0.25) is 0 Å². The minimum atomic E-state index is -3.52. The van der Waals surface area contributed by atoms with Gasteiger partial charge in [-0.3, -0.25) is 4.79 Å². The van der Waals surface area contributed by atoms with E-state index >= 15 is 0 Å². The minimum absolute atomic E-state index is 0.109. The van der Waals surface area contributed by atoms with Crippen molar-refractivity contribution in [3.8, 4) is 0 Å². The number of rotatable bonds is 4. The summed E-state index contributed by atoms with van der Waals surface area (Å²) in [7, 11) is -3.52. The third-order valence-corrected chi connectivity index (χ3v) is 6.88. The molecule has 0 radical (unpaired) electrons. The van der Waals surface area contributed by atoms with Crippen molar-refractivity contribution in [3.63, 3.8) is 0 Å². The maximum Gasteiger partial charge on any atom is 0.246 e. The average molecular weight is 449 g/mol. The molecule has 0 bridgehead atoms. The summed E-state index contributed by atoms with van der Waals surface area (Å²) in [5, 5.41) is 0. The number of nitrogens with zero attached hydrogens (tertiary/aromatic N) is 2. The van der Waals surface area contributed by atoms with E-state index in [1.54, 1.807) is 35.2 Å². The molecule has 1 aliphatic heterocycles. The highest BCUT2D eigenvalue weighted by atomic mass is 79.9. The number of hydrogen-bond acceptors (Lipinski definition) is 3. The zero-order valence-electron chi connectivity index (χ0n) is 15.0. The quantitative estimate of drug-likeness (QED) is 0.674. The van der Waals surface area contributed by atoms with Crippen LogP contribution >= 0.6 is 15.9 Å². The first kappa shape index (κ1) is 19.8. The number of halogens is 1.